The molecule has 0 aliphatic rings. The second-order valence-electron chi connectivity index (χ2n) is 4.02. The van der Waals surface area contributed by atoms with Crippen LogP contribution in [0.15, 0.2) is 24.3 Å². The van der Waals surface area contributed by atoms with Crippen LogP contribution in [-0.2, 0) is 13.0 Å². The molecule has 1 heterocycles. The zero-order valence-corrected chi connectivity index (χ0v) is 10.7. The number of rotatable bonds is 6. The van der Waals surface area contributed by atoms with E-state index >= 15 is 0 Å². The van der Waals surface area contributed by atoms with Crippen molar-refractivity contribution < 1.29 is 4.79 Å². The van der Waals surface area contributed by atoms with Crippen LogP contribution in [0.5, 0.6) is 0 Å². The molecule has 2 rings (SSSR count). The molecule has 7 nitrogen and oxygen atoms in total. The first-order valence-corrected chi connectivity index (χ1v) is 6.04. The van der Waals surface area contributed by atoms with Crippen molar-refractivity contribution in [1.29, 1.82) is 0 Å². The van der Waals surface area contributed by atoms with Crippen LogP contribution in [0.1, 0.15) is 21.7 Å². The van der Waals surface area contributed by atoms with Crippen LogP contribution in [0.3, 0.4) is 0 Å². The lowest BCUT2D eigenvalue weighted by atomic mass is 10.0. The third-order valence-corrected chi connectivity index (χ3v) is 2.70. The van der Waals surface area contributed by atoms with Gasteiger partial charge in [0.25, 0.3) is 5.91 Å². The number of hydrogen-bond acceptors (Lipinski definition) is 5. The molecule has 19 heavy (non-hydrogen) atoms. The quantitative estimate of drug-likeness (QED) is 0.673. The van der Waals surface area contributed by atoms with Gasteiger partial charge in [0.15, 0.2) is 5.82 Å². The first-order chi connectivity index (χ1) is 9.31. The molecule has 3 N–H and O–H groups in total. The number of hydrogen-bond donors (Lipinski definition) is 3. The van der Waals surface area contributed by atoms with Crippen molar-refractivity contribution >= 4 is 5.91 Å². The largest absolute Gasteiger partial charge is 0.345 e. The van der Waals surface area contributed by atoms with Crippen LogP contribution in [0.25, 0.3) is 0 Å². The van der Waals surface area contributed by atoms with Gasteiger partial charge in [0.2, 0.25) is 0 Å². The molecule has 0 bridgehead atoms. The summed E-state index contributed by atoms with van der Waals surface area (Å²) < 4.78 is 0. The van der Waals surface area contributed by atoms with Crippen molar-refractivity contribution in [3.63, 3.8) is 0 Å². The van der Waals surface area contributed by atoms with E-state index in [1.54, 1.807) is 0 Å². The number of amides is 1. The molecule has 1 aromatic heterocycles. The Kier molecular flexibility index (Phi) is 4.57. The fraction of sp³-hybridized carbons (Fsp3) is 0.333. The number of aromatic nitrogens is 4. The monoisotopic (exact) mass is 260 g/mol. The summed E-state index contributed by atoms with van der Waals surface area (Å²) in [4.78, 5) is 12.1. The smallest absolute Gasteiger partial charge is 0.251 e. The van der Waals surface area contributed by atoms with Gasteiger partial charge in [0.05, 0.1) is 6.54 Å². The van der Waals surface area contributed by atoms with E-state index in [2.05, 4.69) is 31.3 Å². The number of benzene rings is 1. The standard InChI is InChI=1S/C12H16N6O/c1-13-7-6-9-4-2-3-5-10(9)12(19)14-8-11-15-17-18-16-11/h2-5,13H,6-8H2,1H3,(H,14,19)(H,15,16,17,18). The van der Waals surface area contributed by atoms with Gasteiger partial charge in [-0.25, -0.2) is 0 Å². The van der Waals surface area contributed by atoms with Gasteiger partial charge in [-0.05, 0) is 31.6 Å². The summed E-state index contributed by atoms with van der Waals surface area (Å²) in [6.07, 6.45) is 0.808. The first-order valence-electron chi connectivity index (χ1n) is 6.04. The second kappa shape index (κ2) is 6.60. The maximum Gasteiger partial charge on any atom is 0.251 e. The van der Waals surface area contributed by atoms with Gasteiger partial charge in [0, 0.05) is 5.56 Å². The van der Waals surface area contributed by atoms with E-state index in [0.29, 0.717) is 11.4 Å². The molecule has 0 fully saturated rings. The maximum absolute atomic E-state index is 12.1. The summed E-state index contributed by atoms with van der Waals surface area (Å²) in [5, 5.41) is 19.2. The number of H-pyrrole nitrogens is 1. The molecule has 1 aromatic carbocycles. The lowest BCUT2D eigenvalue weighted by Gasteiger charge is -2.09. The molecule has 1 amide bonds. The highest BCUT2D eigenvalue weighted by molar-refractivity contribution is 5.95. The van der Waals surface area contributed by atoms with Gasteiger partial charge in [-0.3, -0.25) is 4.79 Å². The summed E-state index contributed by atoms with van der Waals surface area (Å²) in [5.41, 5.74) is 1.70. The predicted molar refractivity (Wildman–Crippen MR) is 69.4 cm³/mol. The average Bonchev–Trinajstić information content (AvgIpc) is 2.96. The highest BCUT2D eigenvalue weighted by Gasteiger charge is 2.10. The normalized spacial score (nSPS) is 10.4. The van der Waals surface area contributed by atoms with Crippen LogP contribution < -0.4 is 10.6 Å². The molecule has 0 aliphatic carbocycles. The molecule has 100 valence electrons. The molecule has 7 heteroatoms. The summed E-state index contributed by atoms with van der Waals surface area (Å²) in [6, 6.07) is 7.56. The Hall–Kier alpha value is -2.28. The number of nitrogens with zero attached hydrogens (tertiary/aromatic N) is 3. The molecule has 0 spiro atoms. The van der Waals surface area contributed by atoms with Gasteiger partial charge in [-0.1, -0.05) is 23.4 Å². The van der Waals surface area contributed by atoms with Gasteiger partial charge < -0.3 is 10.6 Å². The van der Waals surface area contributed by atoms with E-state index in [0.717, 1.165) is 18.5 Å². The number of likely N-dealkylation sites (N-methyl/N-ethyl adjacent to an activating group) is 1. The van der Waals surface area contributed by atoms with Crippen molar-refractivity contribution in [2.75, 3.05) is 13.6 Å². The Morgan fingerprint density at radius 3 is 2.95 bits per heavy atom. The highest BCUT2D eigenvalue weighted by atomic mass is 16.1. The minimum Gasteiger partial charge on any atom is -0.345 e. The molecule has 0 saturated carbocycles. The van der Waals surface area contributed by atoms with Crippen LogP contribution in [0.4, 0.5) is 0 Å². The molecule has 0 aliphatic heterocycles. The Bertz CT molecular complexity index is 525. The van der Waals surface area contributed by atoms with E-state index in [1.165, 1.54) is 0 Å². The van der Waals surface area contributed by atoms with Crippen molar-refractivity contribution in [3.05, 3.63) is 41.2 Å². The molecule has 2 aromatic rings. The van der Waals surface area contributed by atoms with Crippen molar-refractivity contribution in [1.82, 2.24) is 31.3 Å². The van der Waals surface area contributed by atoms with Gasteiger partial charge in [0.1, 0.15) is 0 Å². The Labute approximate surface area is 110 Å². The fourth-order valence-electron chi connectivity index (χ4n) is 1.73. The van der Waals surface area contributed by atoms with Gasteiger partial charge >= 0.3 is 0 Å². The molecule has 0 radical (unpaired) electrons. The van der Waals surface area contributed by atoms with E-state index in [1.807, 2.05) is 31.3 Å². The lowest BCUT2D eigenvalue weighted by molar-refractivity contribution is 0.0949. The molecular formula is C12H16N6O. The summed E-state index contributed by atoms with van der Waals surface area (Å²) >= 11 is 0. The van der Waals surface area contributed by atoms with Crippen LogP contribution in [0.2, 0.25) is 0 Å². The van der Waals surface area contributed by atoms with Crippen LogP contribution in [-0.4, -0.2) is 40.1 Å². The first kappa shape index (κ1) is 13.2. The Balaban J connectivity index is 2.01. The lowest BCUT2D eigenvalue weighted by Crippen LogP contribution is -2.25. The predicted octanol–water partition coefficient (Wildman–Crippen LogP) is -0.108. The van der Waals surface area contributed by atoms with E-state index in [9.17, 15) is 4.79 Å². The topological polar surface area (TPSA) is 95.6 Å². The number of nitrogens with one attached hydrogen (secondary N) is 3. The van der Waals surface area contributed by atoms with Gasteiger partial charge in [-0.15, -0.1) is 10.2 Å². The molecule has 0 atom stereocenters. The highest BCUT2D eigenvalue weighted by Crippen LogP contribution is 2.09. The Morgan fingerprint density at radius 1 is 1.37 bits per heavy atom. The second-order valence-corrected chi connectivity index (χ2v) is 4.02. The summed E-state index contributed by atoms with van der Waals surface area (Å²) in [5.74, 6) is 0.331. The zero-order valence-electron chi connectivity index (χ0n) is 10.7. The zero-order chi connectivity index (χ0) is 13.5. The minimum atomic E-state index is -0.128. The van der Waals surface area contributed by atoms with Crippen LogP contribution >= 0.6 is 0 Å². The third-order valence-electron chi connectivity index (χ3n) is 2.70. The SMILES string of the molecule is CNCCc1ccccc1C(=O)NCc1nn[nH]n1. The fourth-order valence-corrected chi connectivity index (χ4v) is 1.73. The summed E-state index contributed by atoms with van der Waals surface area (Å²) in [6.45, 7) is 1.09. The number of tetrazole rings is 1. The van der Waals surface area contributed by atoms with E-state index in [-0.39, 0.29) is 12.5 Å². The van der Waals surface area contributed by atoms with E-state index in [4.69, 9.17) is 0 Å². The maximum atomic E-state index is 12.1. The van der Waals surface area contributed by atoms with Crippen molar-refractivity contribution in [2.45, 2.75) is 13.0 Å². The van der Waals surface area contributed by atoms with E-state index < -0.39 is 0 Å². The third kappa shape index (κ3) is 3.59. The summed E-state index contributed by atoms with van der Waals surface area (Å²) in [7, 11) is 1.89. The molecule has 0 unspecified atom stereocenters. The molecular weight excluding hydrogens is 244 g/mol. The average molecular weight is 260 g/mol. The minimum absolute atomic E-state index is 0.128. The van der Waals surface area contributed by atoms with Crippen LogP contribution in [0, 0.1) is 0 Å². The number of aromatic amines is 1. The van der Waals surface area contributed by atoms with Crippen molar-refractivity contribution in [3.8, 4) is 0 Å². The Morgan fingerprint density at radius 2 is 2.21 bits per heavy atom. The van der Waals surface area contributed by atoms with Gasteiger partial charge in [-0.2, -0.15) is 5.21 Å². The number of carbonyl (C=O) groups excluding carboxylic acids is 1. The van der Waals surface area contributed by atoms with Crippen molar-refractivity contribution in [2.24, 2.45) is 0 Å². The molecule has 0 saturated heterocycles. The number of carbonyl (C=O) groups is 1.